The summed E-state index contributed by atoms with van der Waals surface area (Å²) >= 11 is 0. The highest BCUT2D eigenvalue weighted by Gasteiger charge is 2.43. The molecule has 2 aliphatic carbocycles. The maximum absolute atomic E-state index is 12.2. The fourth-order valence-corrected chi connectivity index (χ4v) is 4.94. The molecular weight excluding hydrogens is 388 g/mol. The van der Waals surface area contributed by atoms with E-state index in [0.717, 1.165) is 46.7 Å². The molecule has 2 aliphatic rings. The molecule has 0 N–H and O–H groups in total. The average molecular weight is 417 g/mol. The van der Waals surface area contributed by atoms with E-state index < -0.39 is 5.97 Å². The van der Waals surface area contributed by atoms with Crippen molar-refractivity contribution in [2.75, 3.05) is 0 Å². The molecule has 4 heteroatoms. The summed E-state index contributed by atoms with van der Waals surface area (Å²) in [6.45, 7) is 11.2. The van der Waals surface area contributed by atoms with Gasteiger partial charge >= 0.3 is 11.9 Å². The van der Waals surface area contributed by atoms with Gasteiger partial charge in [-0.25, -0.2) is 4.79 Å². The van der Waals surface area contributed by atoms with Gasteiger partial charge in [0.25, 0.3) is 0 Å². The van der Waals surface area contributed by atoms with Crippen molar-refractivity contribution in [3.05, 3.63) is 70.8 Å². The molecule has 4 rings (SSSR count). The zero-order valence-electron chi connectivity index (χ0n) is 18.6. The number of fused-ring (bicyclic) bond motifs is 6. The van der Waals surface area contributed by atoms with Crippen molar-refractivity contribution in [2.45, 2.75) is 58.8 Å². The van der Waals surface area contributed by atoms with Crippen LogP contribution < -0.4 is 9.47 Å². The normalized spacial score (nSPS) is 18.4. The van der Waals surface area contributed by atoms with Gasteiger partial charge in [0.05, 0.1) is 0 Å². The minimum atomic E-state index is -0.484. The Balaban J connectivity index is 1.92. The lowest BCUT2D eigenvalue weighted by Crippen LogP contribution is -2.12. The van der Waals surface area contributed by atoms with Crippen LogP contribution in [0.15, 0.2) is 54.2 Å². The number of ether oxygens (including phenoxy) is 2. The Kier molecular flexibility index (Phi) is 5.57. The zero-order valence-corrected chi connectivity index (χ0v) is 18.6. The molecule has 0 fully saturated rings. The number of hydrogen-bond acceptors (Lipinski definition) is 4. The SMILES string of the molecule is C=CC(=O)Oc1c2c(c(OC(C)=O)c3cc(C)ccc13)C1C=C(CCC=C(C)C)C2C1. The van der Waals surface area contributed by atoms with Crippen LogP contribution in [0.5, 0.6) is 11.5 Å². The van der Waals surface area contributed by atoms with Gasteiger partial charge in [0.2, 0.25) is 0 Å². The maximum Gasteiger partial charge on any atom is 0.335 e. The van der Waals surface area contributed by atoms with Crippen molar-refractivity contribution in [3.8, 4) is 11.5 Å². The lowest BCUT2D eigenvalue weighted by molar-refractivity contribution is -0.132. The lowest BCUT2D eigenvalue weighted by Gasteiger charge is -2.24. The predicted octanol–water partition coefficient (Wildman–Crippen LogP) is 6.42. The molecule has 2 aromatic rings. The summed E-state index contributed by atoms with van der Waals surface area (Å²) in [6.07, 6.45) is 8.62. The van der Waals surface area contributed by atoms with Crippen molar-refractivity contribution < 1.29 is 19.1 Å². The molecule has 0 saturated carbocycles. The first-order valence-electron chi connectivity index (χ1n) is 10.8. The fraction of sp³-hybridized carbons (Fsp3) is 0.333. The van der Waals surface area contributed by atoms with E-state index in [2.05, 4.69) is 32.6 Å². The molecule has 31 heavy (non-hydrogen) atoms. The van der Waals surface area contributed by atoms with Gasteiger partial charge in [-0.2, -0.15) is 0 Å². The van der Waals surface area contributed by atoms with Gasteiger partial charge in [-0.15, -0.1) is 0 Å². The van der Waals surface area contributed by atoms with Crippen LogP contribution in [-0.4, -0.2) is 11.9 Å². The second-order valence-electron chi connectivity index (χ2n) is 8.71. The van der Waals surface area contributed by atoms with Crippen LogP contribution in [0, 0.1) is 6.92 Å². The summed E-state index contributed by atoms with van der Waals surface area (Å²) in [4.78, 5) is 24.2. The largest absolute Gasteiger partial charge is 0.426 e. The smallest absolute Gasteiger partial charge is 0.335 e. The highest BCUT2D eigenvalue weighted by molar-refractivity contribution is 6.01. The molecule has 4 nitrogen and oxygen atoms in total. The molecule has 2 aromatic carbocycles. The minimum Gasteiger partial charge on any atom is -0.426 e. The first kappa shape index (κ1) is 21.1. The average Bonchev–Trinajstić information content (AvgIpc) is 3.28. The van der Waals surface area contributed by atoms with E-state index in [0.29, 0.717) is 11.5 Å². The number of aryl methyl sites for hydroxylation is 1. The molecule has 0 amide bonds. The Morgan fingerprint density at radius 3 is 2.52 bits per heavy atom. The van der Waals surface area contributed by atoms with Gasteiger partial charge in [-0.05, 0) is 46.1 Å². The topological polar surface area (TPSA) is 52.6 Å². The van der Waals surface area contributed by atoms with Gasteiger partial charge in [0, 0.05) is 46.7 Å². The fourth-order valence-electron chi connectivity index (χ4n) is 4.94. The molecule has 0 saturated heterocycles. The Hall–Kier alpha value is -3.14. The number of carbonyl (C=O) groups excluding carboxylic acids is 2. The number of rotatable bonds is 6. The van der Waals surface area contributed by atoms with Crippen molar-refractivity contribution in [1.29, 1.82) is 0 Å². The molecule has 0 radical (unpaired) electrons. The van der Waals surface area contributed by atoms with E-state index in [9.17, 15) is 9.59 Å². The molecule has 2 bridgehead atoms. The van der Waals surface area contributed by atoms with Crippen LogP contribution in [-0.2, 0) is 9.59 Å². The molecule has 160 valence electrons. The van der Waals surface area contributed by atoms with Crippen molar-refractivity contribution in [1.82, 2.24) is 0 Å². The Labute approximate surface area is 183 Å². The number of carbonyl (C=O) groups is 2. The van der Waals surface area contributed by atoms with E-state index in [-0.39, 0.29) is 17.8 Å². The summed E-state index contributed by atoms with van der Waals surface area (Å²) in [5.41, 5.74) is 5.69. The van der Waals surface area contributed by atoms with Crippen LogP contribution in [0.1, 0.15) is 68.6 Å². The van der Waals surface area contributed by atoms with Crippen LogP contribution >= 0.6 is 0 Å². The van der Waals surface area contributed by atoms with E-state index in [1.54, 1.807) is 0 Å². The van der Waals surface area contributed by atoms with E-state index >= 15 is 0 Å². The minimum absolute atomic E-state index is 0.155. The molecule has 2 atom stereocenters. The third kappa shape index (κ3) is 3.83. The number of allylic oxidation sites excluding steroid dienone is 4. The van der Waals surface area contributed by atoms with Gasteiger partial charge in [0.1, 0.15) is 11.5 Å². The number of benzene rings is 2. The Morgan fingerprint density at radius 1 is 1.10 bits per heavy atom. The van der Waals surface area contributed by atoms with Gasteiger partial charge in [-0.1, -0.05) is 47.6 Å². The van der Waals surface area contributed by atoms with Crippen molar-refractivity contribution in [3.63, 3.8) is 0 Å². The van der Waals surface area contributed by atoms with E-state index in [1.165, 1.54) is 24.1 Å². The highest BCUT2D eigenvalue weighted by atomic mass is 16.5. The molecule has 2 unspecified atom stereocenters. The van der Waals surface area contributed by atoms with Crippen molar-refractivity contribution in [2.24, 2.45) is 0 Å². The zero-order chi connectivity index (χ0) is 22.3. The molecule has 0 aliphatic heterocycles. The van der Waals surface area contributed by atoms with Crippen LogP contribution in [0.4, 0.5) is 0 Å². The Bertz CT molecular complexity index is 1160. The first-order chi connectivity index (χ1) is 14.8. The van der Waals surface area contributed by atoms with Gasteiger partial charge in [-0.3, -0.25) is 4.79 Å². The summed E-state index contributed by atoms with van der Waals surface area (Å²) in [5.74, 6) is 0.664. The second-order valence-corrected chi connectivity index (χ2v) is 8.71. The standard InChI is InChI=1S/C27H28O4/c1-6-23(29)31-26-20-11-10-16(4)12-22(20)27(30-17(5)28)24-19-13-18(9-7-8-15(2)3)21(14-19)25(24)26/h6,8,10-13,19,21H,1,7,9,14H2,2-5H3. The van der Waals surface area contributed by atoms with Crippen LogP contribution in [0.2, 0.25) is 0 Å². The number of esters is 2. The summed E-state index contributed by atoms with van der Waals surface area (Å²) in [7, 11) is 0. The Morgan fingerprint density at radius 2 is 1.84 bits per heavy atom. The predicted molar refractivity (Wildman–Crippen MR) is 123 cm³/mol. The van der Waals surface area contributed by atoms with Crippen LogP contribution in [0.25, 0.3) is 10.8 Å². The molecular formula is C27H28O4. The lowest BCUT2D eigenvalue weighted by atomic mass is 9.85. The quantitative estimate of drug-likeness (QED) is 0.236. The van der Waals surface area contributed by atoms with Crippen LogP contribution in [0.3, 0.4) is 0 Å². The molecule has 0 aromatic heterocycles. The van der Waals surface area contributed by atoms with Gasteiger partial charge in [0.15, 0.2) is 0 Å². The first-order valence-corrected chi connectivity index (χ1v) is 10.8. The summed E-state index contributed by atoms with van der Waals surface area (Å²) < 4.78 is 11.6. The third-order valence-corrected chi connectivity index (χ3v) is 6.12. The summed E-state index contributed by atoms with van der Waals surface area (Å²) in [5, 5.41) is 1.58. The summed E-state index contributed by atoms with van der Waals surface area (Å²) in [6, 6.07) is 5.92. The molecule has 0 heterocycles. The van der Waals surface area contributed by atoms with Crippen molar-refractivity contribution >= 4 is 22.7 Å². The van der Waals surface area contributed by atoms with Gasteiger partial charge < -0.3 is 9.47 Å². The highest BCUT2D eigenvalue weighted by Crippen LogP contribution is 2.61. The third-order valence-electron chi connectivity index (χ3n) is 6.12. The van der Waals surface area contributed by atoms with E-state index in [1.807, 2.05) is 25.1 Å². The molecule has 0 spiro atoms. The second kappa shape index (κ2) is 8.18. The number of hydrogen-bond donors (Lipinski definition) is 0. The van der Waals surface area contributed by atoms with E-state index in [4.69, 9.17) is 9.47 Å². The monoisotopic (exact) mass is 416 g/mol. The maximum atomic E-state index is 12.2.